The zero-order valence-corrected chi connectivity index (χ0v) is 12.1. The molecule has 0 unspecified atom stereocenters. The number of ether oxygens (including phenoxy) is 1. The highest BCUT2D eigenvalue weighted by Gasteiger charge is 2.07. The second-order valence-corrected chi connectivity index (χ2v) is 4.79. The van der Waals surface area contributed by atoms with Crippen molar-refractivity contribution in [3.8, 4) is 5.75 Å². The first kappa shape index (κ1) is 15.1. The van der Waals surface area contributed by atoms with E-state index < -0.39 is 0 Å². The predicted molar refractivity (Wildman–Crippen MR) is 82.9 cm³/mol. The summed E-state index contributed by atoms with van der Waals surface area (Å²) in [6.45, 7) is 1.04. The average molecular weight is 284 g/mol. The molecule has 4 heteroatoms. The molecule has 2 aromatic rings. The molecule has 4 nitrogen and oxygen atoms in total. The third kappa shape index (κ3) is 4.33. The van der Waals surface area contributed by atoms with Crippen LogP contribution in [0.2, 0.25) is 0 Å². The molecule has 0 aliphatic heterocycles. The fourth-order valence-corrected chi connectivity index (χ4v) is 2.08. The smallest absolute Gasteiger partial charge is 0.224 e. The van der Waals surface area contributed by atoms with Crippen LogP contribution >= 0.6 is 0 Å². The molecular weight excluding hydrogens is 264 g/mol. The minimum absolute atomic E-state index is 0.0256. The number of nitrogens with one attached hydrogen (secondary N) is 1. The van der Waals surface area contributed by atoms with E-state index in [-0.39, 0.29) is 5.91 Å². The Hall–Kier alpha value is -2.33. The summed E-state index contributed by atoms with van der Waals surface area (Å²) in [4.78, 5) is 12.0. The van der Waals surface area contributed by atoms with Crippen LogP contribution in [0.5, 0.6) is 5.75 Å². The van der Waals surface area contributed by atoms with Gasteiger partial charge in [-0.1, -0.05) is 42.5 Å². The van der Waals surface area contributed by atoms with E-state index >= 15 is 0 Å². The molecular formula is C17H20N2O2. The van der Waals surface area contributed by atoms with E-state index in [9.17, 15) is 4.79 Å². The van der Waals surface area contributed by atoms with Gasteiger partial charge in [0, 0.05) is 18.7 Å². The summed E-state index contributed by atoms with van der Waals surface area (Å²) in [5.41, 5.74) is 8.58. The zero-order valence-electron chi connectivity index (χ0n) is 12.1. The fourth-order valence-electron chi connectivity index (χ4n) is 2.08. The first-order valence-corrected chi connectivity index (χ1v) is 6.89. The molecule has 21 heavy (non-hydrogen) atoms. The molecule has 0 heterocycles. The molecule has 0 aliphatic rings. The second kappa shape index (κ2) is 7.45. The lowest BCUT2D eigenvalue weighted by atomic mass is 10.1. The van der Waals surface area contributed by atoms with Gasteiger partial charge in [-0.3, -0.25) is 4.79 Å². The Bertz CT molecular complexity index is 594. The number of nitrogens with two attached hydrogens (primary N) is 1. The van der Waals surface area contributed by atoms with Crippen molar-refractivity contribution in [2.45, 2.75) is 19.5 Å². The second-order valence-electron chi connectivity index (χ2n) is 4.79. The van der Waals surface area contributed by atoms with Crippen molar-refractivity contribution < 1.29 is 9.53 Å². The Labute approximate surface area is 124 Å². The number of rotatable bonds is 6. The average Bonchev–Trinajstić information content (AvgIpc) is 2.54. The van der Waals surface area contributed by atoms with Crippen LogP contribution in [-0.4, -0.2) is 13.0 Å². The summed E-state index contributed by atoms with van der Waals surface area (Å²) in [5, 5.41) is 2.91. The number of carbonyl (C=O) groups excluding carboxylic acids is 1. The molecule has 110 valence electrons. The lowest BCUT2D eigenvalue weighted by Crippen LogP contribution is -2.24. The van der Waals surface area contributed by atoms with E-state index in [0.29, 0.717) is 19.5 Å². The quantitative estimate of drug-likeness (QED) is 0.853. The summed E-state index contributed by atoms with van der Waals surface area (Å²) in [6.07, 6.45) is 0.310. The Kier molecular flexibility index (Phi) is 5.35. The normalized spacial score (nSPS) is 10.2. The van der Waals surface area contributed by atoms with Crippen LogP contribution in [0.15, 0.2) is 48.5 Å². The third-order valence-corrected chi connectivity index (χ3v) is 3.29. The van der Waals surface area contributed by atoms with Gasteiger partial charge in [-0.05, 0) is 17.2 Å². The van der Waals surface area contributed by atoms with Gasteiger partial charge in [-0.15, -0.1) is 0 Å². The molecule has 0 bridgehead atoms. The van der Waals surface area contributed by atoms with Crippen LogP contribution in [0.4, 0.5) is 0 Å². The van der Waals surface area contributed by atoms with Crippen molar-refractivity contribution in [1.82, 2.24) is 5.32 Å². The zero-order chi connectivity index (χ0) is 15.1. The molecule has 0 aliphatic carbocycles. The Morgan fingerprint density at radius 3 is 2.43 bits per heavy atom. The number of benzene rings is 2. The van der Waals surface area contributed by atoms with E-state index in [4.69, 9.17) is 10.5 Å². The Morgan fingerprint density at radius 1 is 1.10 bits per heavy atom. The van der Waals surface area contributed by atoms with Crippen molar-refractivity contribution in [1.29, 1.82) is 0 Å². The van der Waals surface area contributed by atoms with E-state index in [1.807, 2.05) is 48.5 Å². The van der Waals surface area contributed by atoms with Crippen LogP contribution in [-0.2, 0) is 24.3 Å². The van der Waals surface area contributed by atoms with Crippen molar-refractivity contribution in [3.63, 3.8) is 0 Å². The summed E-state index contributed by atoms with van der Waals surface area (Å²) in [6, 6.07) is 15.4. The number of carbonyl (C=O) groups is 1. The minimum Gasteiger partial charge on any atom is -0.496 e. The molecule has 0 spiro atoms. The molecule has 2 rings (SSSR count). The lowest BCUT2D eigenvalue weighted by Gasteiger charge is -2.09. The number of hydrogen-bond acceptors (Lipinski definition) is 3. The highest BCUT2D eigenvalue weighted by atomic mass is 16.5. The van der Waals surface area contributed by atoms with Gasteiger partial charge in [0.2, 0.25) is 5.91 Å². The van der Waals surface area contributed by atoms with Crippen molar-refractivity contribution >= 4 is 5.91 Å². The van der Waals surface area contributed by atoms with E-state index in [0.717, 1.165) is 22.4 Å². The maximum atomic E-state index is 12.0. The molecule has 0 radical (unpaired) electrons. The van der Waals surface area contributed by atoms with Crippen LogP contribution in [0, 0.1) is 0 Å². The molecule has 0 saturated heterocycles. The molecule has 2 aromatic carbocycles. The van der Waals surface area contributed by atoms with Crippen LogP contribution in [0.3, 0.4) is 0 Å². The molecule has 0 saturated carbocycles. The SMILES string of the molecule is COc1ccccc1CC(=O)NCc1ccc(CN)cc1. The Balaban J connectivity index is 1.89. The fraction of sp³-hybridized carbons (Fsp3) is 0.235. The topological polar surface area (TPSA) is 64.3 Å². The highest BCUT2D eigenvalue weighted by Crippen LogP contribution is 2.17. The van der Waals surface area contributed by atoms with E-state index in [2.05, 4.69) is 5.32 Å². The van der Waals surface area contributed by atoms with Gasteiger partial charge in [0.15, 0.2) is 0 Å². The summed E-state index contributed by atoms with van der Waals surface area (Å²) in [5.74, 6) is 0.711. The van der Waals surface area contributed by atoms with Crippen LogP contribution in [0.25, 0.3) is 0 Å². The molecule has 0 fully saturated rings. The third-order valence-electron chi connectivity index (χ3n) is 3.29. The van der Waals surface area contributed by atoms with E-state index in [1.165, 1.54) is 0 Å². The Morgan fingerprint density at radius 2 is 1.76 bits per heavy atom. The molecule has 0 atom stereocenters. The van der Waals surface area contributed by atoms with Crippen LogP contribution < -0.4 is 15.8 Å². The lowest BCUT2D eigenvalue weighted by molar-refractivity contribution is -0.120. The number of methoxy groups -OCH3 is 1. The van der Waals surface area contributed by atoms with Gasteiger partial charge in [0.05, 0.1) is 13.5 Å². The van der Waals surface area contributed by atoms with Crippen molar-refractivity contribution in [2.24, 2.45) is 5.73 Å². The van der Waals surface area contributed by atoms with Crippen LogP contribution in [0.1, 0.15) is 16.7 Å². The molecule has 1 amide bonds. The maximum absolute atomic E-state index is 12.0. The van der Waals surface area contributed by atoms with Gasteiger partial charge in [-0.25, -0.2) is 0 Å². The number of amides is 1. The summed E-state index contributed by atoms with van der Waals surface area (Å²) in [7, 11) is 1.61. The van der Waals surface area contributed by atoms with Gasteiger partial charge in [0.1, 0.15) is 5.75 Å². The van der Waals surface area contributed by atoms with E-state index in [1.54, 1.807) is 7.11 Å². The van der Waals surface area contributed by atoms with Crippen molar-refractivity contribution in [2.75, 3.05) is 7.11 Å². The number of hydrogen-bond donors (Lipinski definition) is 2. The summed E-state index contributed by atoms with van der Waals surface area (Å²) < 4.78 is 5.24. The van der Waals surface area contributed by atoms with Gasteiger partial charge in [0.25, 0.3) is 0 Å². The monoisotopic (exact) mass is 284 g/mol. The van der Waals surface area contributed by atoms with Gasteiger partial charge in [-0.2, -0.15) is 0 Å². The maximum Gasteiger partial charge on any atom is 0.224 e. The highest BCUT2D eigenvalue weighted by molar-refractivity contribution is 5.79. The van der Waals surface area contributed by atoms with Crippen molar-refractivity contribution in [3.05, 3.63) is 65.2 Å². The van der Waals surface area contributed by atoms with Gasteiger partial charge >= 0.3 is 0 Å². The number of para-hydroxylation sites is 1. The minimum atomic E-state index is -0.0256. The standard InChI is InChI=1S/C17H20N2O2/c1-21-16-5-3-2-4-15(16)10-17(20)19-12-14-8-6-13(11-18)7-9-14/h2-9H,10-12,18H2,1H3,(H,19,20). The molecule has 0 aromatic heterocycles. The van der Waals surface area contributed by atoms with Gasteiger partial charge < -0.3 is 15.8 Å². The summed E-state index contributed by atoms with van der Waals surface area (Å²) >= 11 is 0. The first-order chi connectivity index (χ1) is 10.2. The largest absolute Gasteiger partial charge is 0.496 e. The first-order valence-electron chi connectivity index (χ1n) is 6.89. The predicted octanol–water partition coefficient (Wildman–Crippen LogP) is 2.01. The molecule has 3 N–H and O–H groups in total.